The first-order chi connectivity index (χ1) is 18.2. The van der Waals surface area contributed by atoms with Gasteiger partial charge in [-0.3, -0.25) is 9.78 Å². The minimum atomic E-state index is 0.244. The molecule has 0 saturated carbocycles. The molecule has 2 aliphatic rings. The van der Waals surface area contributed by atoms with Crippen LogP contribution < -0.4 is 20.3 Å². The van der Waals surface area contributed by atoms with E-state index < -0.39 is 0 Å². The van der Waals surface area contributed by atoms with E-state index in [1.807, 2.05) is 31.4 Å². The average Bonchev–Trinajstić information content (AvgIpc) is 3.56. The van der Waals surface area contributed by atoms with Crippen molar-refractivity contribution in [3.63, 3.8) is 0 Å². The molecule has 0 amide bonds. The summed E-state index contributed by atoms with van der Waals surface area (Å²) in [5.41, 5.74) is 3.96. The van der Waals surface area contributed by atoms with Crippen LogP contribution in [0.3, 0.4) is 0 Å². The molecule has 3 aromatic heterocycles. The molecule has 0 spiro atoms. The molecular formula is C25H31N9O3. The van der Waals surface area contributed by atoms with Crippen LogP contribution in [0.1, 0.15) is 12.8 Å². The van der Waals surface area contributed by atoms with Crippen LogP contribution in [-0.2, 0) is 16.5 Å². The van der Waals surface area contributed by atoms with Gasteiger partial charge in [0.25, 0.3) is 0 Å². The van der Waals surface area contributed by atoms with E-state index >= 15 is 0 Å². The third-order valence-electron chi connectivity index (χ3n) is 6.75. The molecule has 6 rings (SSSR count). The van der Waals surface area contributed by atoms with Gasteiger partial charge in [-0.05, 0) is 31.0 Å². The zero-order valence-corrected chi connectivity index (χ0v) is 21.0. The maximum absolute atomic E-state index is 5.72. The first-order valence-corrected chi connectivity index (χ1v) is 12.6. The van der Waals surface area contributed by atoms with Crippen LogP contribution >= 0.6 is 0 Å². The number of morpholine rings is 1. The van der Waals surface area contributed by atoms with Crippen LogP contribution in [0.2, 0.25) is 0 Å². The van der Waals surface area contributed by atoms with E-state index in [-0.39, 0.29) is 6.04 Å². The molecule has 2 saturated heterocycles. The van der Waals surface area contributed by atoms with Gasteiger partial charge in [-0.15, -0.1) is 0 Å². The van der Waals surface area contributed by atoms with E-state index in [1.54, 1.807) is 11.8 Å². The molecule has 2 aliphatic heterocycles. The smallest absolute Gasteiger partial charge is 0.231 e. The van der Waals surface area contributed by atoms with Gasteiger partial charge in [-0.1, -0.05) is 0 Å². The molecule has 5 heterocycles. The summed E-state index contributed by atoms with van der Waals surface area (Å²) in [6, 6.07) is 8.28. The summed E-state index contributed by atoms with van der Waals surface area (Å²) in [5, 5.41) is 19.9. The Morgan fingerprint density at radius 1 is 1.05 bits per heavy atom. The molecule has 194 valence electrons. The molecule has 0 bridgehead atoms. The van der Waals surface area contributed by atoms with Crippen molar-refractivity contribution < 1.29 is 14.2 Å². The van der Waals surface area contributed by atoms with Crippen molar-refractivity contribution in [2.45, 2.75) is 18.9 Å². The van der Waals surface area contributed by atoms with Crippen molar-refractivity contribution in [3.8, 4) is 17.1 Å². The fourth-order valence-electron chi connectivity index (χ4n) is 4.77. The number of aromatic amines is 1. The maximum atomic E-state index is 5.72. The van der Waals surface area contributed by atoms with Crippen molar-refractivity contribution >= 4 is 34.2 Å². The van der Waals surface area contributed by atoms with Gasteiger partial charge >= 0.3 is 0 Å². The Balaban J connectivity index is 1.35. The second-order valence-electron chi connectivity index (χ2n) is 9.21. The number of hydrogen-bond acceptors (Lipinski definition) is 10. The van der Waals surface area contributed by atoms with Gasteiger partial charge < -0.3 is 29.7 Å². The summed E-state index contributed by atoms with van der Waals surface area (Å²) in [6.45, 7) is 4.61. The standard InChI is InChI=1S/C25H31N9O3/c1-33-8-5-19(32-33)22-21-23(26-16-6-11-36-12-7-16)28-25(29-24(21)31-30-22)27-18-4-3-17(15-20(18)35-2)34-9-13-37-14-10-34/h3-5,8,15-16H,6-7,9-14H2,1-2H3,(H3,26,27,28,29,30,31). The van der Waals surface area contributed by atoms with Crippen LogP contribution in [0.15, 0.2) is 30.5 Å². The highest BCUT2D eigenvalue weighted by atomic mass is 16.5. The van der Waals surface area contributed by atoms with Crippen LogP contribution in [-0.4, -0.2) is 82.6 Å². The lowest BCUT2D eigenvalue weighted by molar-refractivity contribution is 0.0904. The number of methoxy groups -OCH3 is 1. The lowest BCUT2D eigenvalue weighted by atomic mass is 10.1. The molecule has 0 aliphatic carbocycles. The molecule has 0 radical (unpaired) electrons. The summed E-state index contributed by atoms with van der Waals surface area (Å²) in [6.07, 6.45) is 3.70. The summed E-state index contributed by atoms with van der Waals surface area (Å²) >= 11 is 0. The first-order valence-electron chi connectivity index (χ1n) is 12.6. The van der Waals surface area contributed by atoms with Crippen molar-refractivity contribution in [2.75, 3.05) is 62.2 Å². The number of aryl methyl sites for hydroxylation is 1. The quantitative estimate of drug-likeness (QED) is 0.345. The van der Waals surface area contributed by atoms with E-state index in [0.29, 0.717) is 28.9 Å². The Labute approximate surface area is 214 Å². The predicted octanol–water partition coefficient (Wildman–Crippen LogP) is 2.93. The van der Waals surface area contributed by atoms with Crippen LogP contribution in [0.5, 0.6) is 5.75 Å². The second-order valence-corrected chi connectivity index (χ2v) is 9.21. The molecule has 3 N–H and O–H groups in total. The van der Waals surface area contributed by atoms with Crippen LogP contribution in [0.25, 0.3) is 22.4 Å². The van der Waals surface area contributed by atoms with Gasteiger partial charge in [0.2, 0.25) is 5.95 Å². The van der Waals surface area contributed by atoms with Gasteiger partial charge in [0.1, 0.15) is 23.0 Å². The lowest BCUT2D eigenvalue weighted by Crippen LogP contribution is -2.36. The van der Waals surface area contributed by atoms with Crippen LogP contribution in [0.4, 0.5) is 23.1 Å². The largest absolute Gasteiger partial charge is 0.494 e. The molecular weight excluding hydrogens is 474 g/mol. The molecule has 12 nitrogen and oxygen atoms in total. The van der Waals surface area contributed by atoms with E-state index in [4.69, 9.17) is 24.2 Å². The monoisotopic (exact) mass is 505 g/mol. The Bertz CT molecular complexity index is 1370. The molecule has 37 heavy (non-hydrogen) atoms. The average molecular weight is 506 g/mol. The Kier molecular flexibility index (Phi) is 6.49. The Morgan fingerprint density at radius 3 is 2.62 bits per heavy atom. The Hall–Kier alpha value is -3.90. The predicted molar refractivity (Wildman–Crippen MR) is 141 cm³/mol. The number of hydrogen-bond donors (Lipinski definition) is 3. The minimum Gasteiger partial charge on any atom is -0.494 e. The normalized spacial score (nSPS) is 16.8. The third kappa shape index (κ3) is 4.89. The molecule has 0 unspecified atom stereocenters. The highest BCUT2D eigenvalue weighted by Gasteiger charge is 2.22. The summed E-state index contributed by atoms with van der Waals surface area (Å²) in [7, 11) is 3.55. The first kappa shape index (κ1) is 23.5. The zero-order chi connectivity index (χ0) is 25.2. The van der Waals surface area contributed by atoms with Gasteiger partial charge in [-0.2, -0.15) is 20.2 Å². The van der Waals surface area contributed by atoms with Gasteiger partial charge in [0.05, 0.1) is 31.4 Å². The number of nitrogens with zero attached hydrogens (tertiary/aromatic N) is 6. The molecule has 0 atom stereocenters. The SMILES string of the molecule is COc1cc(N2CCOCC2)ccc1Nc1nc(NC2CCOCC2)c2c(-c3ccn(C)n3)n[nH]c2n1. The maximum Gasteiger partial charge on any atom is 0.231 e. The van der Waals surface area contributed by atoms with Gasteiger partial charge in [0.15, 0.2) is 5.65 Å². The van der Waals surface area contributed by atoms with Crippen LogP contribution in [0, 0.1) is 0 Å². The topological polar surface area (TPSA) is 127 Å². The molecule has 2 fully saturated rings. The minimum absolute atomic E-state index is 0.244. The summed E-state index contributed by atoms with van der Waals surface area (Å²) in [4.78, 5) is 11.9. The van der Waals surface area contributed by atoms with Gasteiger partial charge in [-0.25, -0.2) is 0 Å². The highest BCUT2D eigenvalue weighted by Crippen LogP contribution is 2.35. The number of H-pyrrole nitrogens is 1. The molecule has 1 aromatic carbocycles. The number of nitrogens with one attached hydrogen (secondary N) is 3. The van der Waals surface area contributed by atoms with Crippen molar-refractivity contribution in [2.24, 2.45) is 7.05 Å². The fraction of sp³-hybridized carbons (Fsp3) is 0.440. The second kappa shape index (κ2) is 10.2. The van der Waals surface area contributed by atoms with Crippen molar-refractivity contribution in [3.05, 3.63) is 30.5 Å². The molecule has 12 heteroatoms. The highest BCUT2D eigenvalue weighted by molar-refractivity contribution is 5.99. The van der Waals surface area contributed by atoms with E-state index in [0.717, 1.165) is 74.8 Å². The molecule has 4 aromatic rings. The summed E-state index contributed by atoms with van der Waals surface area (Å²) in [5.74, 6) is 1.86. The van der Waals surface area contributed by atoms with Crippen molar-refractivity contribution in [1.82, 2.24) is 29.9 Å². The van der Waals surface area contributed by atoms with E-state index in [2.05, 4.69) is 36.9 Å². The Morgan fingerprint density at radius 2 is 1.86 bits per heavy atom. The van der Waals surface area contributed by atoms with E-state index in [1.165, 1.54) is 0 Å². The lowest BCUT2D eigenvalue weighted by Gasteiger charge is -2.29. The number of benzene rings is 1. The number of rotatable bonds is 7. The number of fused-ring (bicyclic) bond motifs is 1. The third-order valence-corrected chi connectivity index (χ3v) is 6.75. The van der Waals surface area contributed by atoms with Crippen molar-refractivity contribution in [1.29, 1.82) is 0 Å². The summed E-state index contributed by atoms with van der Waals surface area (Å²) < 4.78 is 18.5. The van der Waals surface area contributed by atoms with Gasteiger partial charge in [0, 0.05) is 57.3 Å². The zero-order valence-electron chi connectivity index (χ0n) is 21.0. The number of aromatic nitrogens is 6. The number of anilines is 4. The number of ether oxygens (including phenoxy) is 3. The van der Waals surface area contributed by atoms with E-state index in [9.17, 15) is 0 Å². The fourth-order valence-corrected chi connectivity index (χ4v) is 4.77.